The minimum absolute atomic E-state index is 0.0589. The molecule has 2 amide bonds. The molecule has 1 saturated heterocycles. The first-order valence-corrected chi connectivity index (χ1v) is 10.00. The van der Waals surface area contributed by atoms with Gasteiger partial charge in [-0.05, 0) is 55.2 Å². The highest BCUT2D eigenvalue weighted by molar-refractivity contribution is 7.80. The Bertz CT molecular complexity index is 1250. The third-order valence-corrected chi connectivity index (χ3v) is 5.60. The Balaban J connectivity index is 1.83. The van der Waals surface area contributed by atoms with Crippen molar-refractivity contribution in [3.63, 3.8) is 0 Å². The summed E-state index contributed by atoms with van der Waals surface area (Å²) in [4.78, 5) is 26.6. The van der Waals surface area contributed by atoms with E-state index in [9.17, 15) is 9.59 Å². The summed E-state index contributed by atoms with van der Waals surface area (Å²) in [7, 11) is 0. The summed E-state index contributed by atoms with van der Waals surface area (Å²) in [6.45, 7) is 7.89. The first-order chi connectivity index (χ1) is 14.4. The summed E-state index contributed by atoms with van der Waals surface area (Å²) in [6.07, 6.45) is 3.21. The molecule has 30 heavy (non-hydrogen) atoms. The summed E-state index contributed by atoms with van der Waals surface area (Å²) in [5, 5.41) is 4.97. The van der Waals surface area contributed by atoms with Crippen LogP contribution in [0.25, 0.3) is 22.5 Å². The zero-order valence-corrected chi connectivity index (χ0v) is 17.6. The van der Waals surface area contributed by atoms with Gasteiger partial charge in [0.05, 0.1) is 5.69 Å². The van der Waals surface area contributed by atoms with Crippen molar-refractivity contribution in [2.75, 3.05) is 6.54 Å². The number of nitrogens with zero attached hydrogens (tertiary/aromatic N) is 2. The van der Waals surface area contributed by atoms with Crippen molar-refractivity contribution in [2.24, 2.45) is 0 Å². The number of nitrogens with one attached hydrogen (secondary N) is 1. The molecule has 0 saturated carbocycles. The average Bonchev–Trinajstić information content (AvgIpc) is 3.01. The molecular formula is C24H21N3O2S. The van der Waals surface area contributed by atoms with Crippen LogP contribution in [0.5, 0.6) is 0 Å². The average molecular weight is 416 g/mol. The minimum atomic E-state index is -0.486. The van der Waals surface area contributed by atoms with E-state index in [1.165, 1.54) is 4.90 Å². The van der Waals surface area contributed by atoms with Gasteiger partial charge >= 0.3 is 0 Å². The second kappa shape index (κ2) is 7.72. The lowest BCUT2D eigenvalue weighted by atomic mass is 10.1. The minimum Gasteiger partial charge on any atom is -0.317 e. The normalized spacial score (nSPS) is 15.7. The molecule has 0 bridgehead atoms. The molecule has 5 nitrogen and oxygen atoms in total. The maximum Gasteiger partial charge on any atom is 0.265 e. The molecule has 3 aromatic rings. The van der Waals surface area contributed by atoms with E-state index in [4.69, 9.17) is 12.2 Å². The van der Waals surface area contributed by atoms with Crippen LogP contribution in [-0.2, 0) is 9.59 Å². The van der Waals surface area contributed by atoms with Crippen molar-refractivity contribution in [3.05, 3.63) is 83.7 Å². The molecule has 0 aliphatic carbocycles. The van der Waals surface area contributed by atoms with Crippen LogP contribution >= 0.6 is 12.2 Å². The summed E-state index contributed by atoms with van der Waals surface area (Å²) >= 11 is 5.12. The summed E-state index contributed by atoms with van der Waals surface area (Å²) < 4.78 is 2.14. The lowest BCUT2D eigenvalue weighted by Gasteiger charge is -2.27. The summed E-state index contributed by atoms with van der Waals surface area (Å²) in [6, 6.07) is 16.4. The fourth-order valence-electron chi connectivity index (χ4n) is 3.85. The second-order valence-corrected chi connectivity index (χ2v) is 7.57. The van der Waals surface area contributed by atoms with Crippen molar-refractivity contribution in [1.29, 1.82) is 0 Å². The Hall–Kier alpha value is -3.51. The Morgan fingerprint density at radius 3 is 2.60 bits per heavy atom. The van der Waals surface area contributed by atoms with Crippen LogP contribution in [0.3, 0.4) is 0 Å². The third kappa shape index (κ3) is 3.25. The maximum atomic E-state index is 12.8. The molecule has 4 rings (SSSR count). The number of fused-ring (bicyclic) bond motifs is 1. The Morgan fingerprint density at radius 1 is 1.10 bits per heavy atom. The first kappa shape index (κ1) is 19.8. The molecule has 2 aromatic carbocycles. The molecule has 6 heteroatoms. The van der Waals surface area contributed by atoms with Gasteiger partial charge in [0.2, 0.25) is 0 Å². The molecule has 1 aliphatic heterocycles. The standard InChI is InChI=1S/C24H21N3O2S/c1-4-12-26-23(29)20(22(28)25-24(26)30)14-18-13-15(2)27(16(18)3)21-11-7-9-17-8-5-6-10-19(17)21/h4-11,13-14H,1,12H2,2-3H3,(H,25,28,30)/b20-14+. The van der Waals surface area contributed by atoms with Crippen LogP contribution in [0.4, 0.5) is 0 Å². The van der Waals surface area contributed by atoms with Crippen LogP contribution in [0.2, 0.25) is 0 Å². The number of hydrogen-bond donors (Lipinski definition) is 1. The summed E-state index contributed by atoms with van der Waals surface area (Å²) in [5.74, 6) is -0.904. The van der Waals surface area contributed by atoms with Gasteiger partial charge in [-0.2, -0.15) is 0 Å². The van der Waals surface area contributed by atoms with Crippen LogP contribution in [-0.4, -0.2) is 32.9 Å². The van der Waals surface area contributed by atoms with Gasteiger partial charge in [-0.1, -0.05) is 42.5 Å². The first-order valence-electron chi connectivity index (χ1n) is 9.59. The van der Waals surface area contributed by atoms with E-state index in [0.29, 0.717) is 0 Å². The molecule has 1 aliphatic rings. The fraction of sp³-hybridized carbons (Fsp3) is 0.125. The molecule has 0 unspecified atom stereocenters. The van der Waals surface area contributed by atoms with Gasteiger partial charge in [0, 0.05) is 23.3 Å². The molecule has 0 atom stereocenters. The van der Waals surface area contributed by atoms with Gasteiger partial charge in [-0.15, -0.1) is 6.58 Å². The Labute approximate surface area is 180 Å². The molecule has 1 N–H and O–H groups in total. The van der Waals surface area contributed by atoms with Crippen molar-refractivity contribution in [2.45, 2.75) is 13.8 Å². The highest BCUT2D eigenvalue weighted by atomic mass is 32.1. The zero-order chi connectivity index (χ0) is 21.4. The molecule has 1 aromatic heterocycles. The number of aryl methyl sites for hydroxylation is 1. The second-order valence-electron chi connectivity index (χ2n) is 7.18. The molecular weight excluding hydrogens is 394 g/mol. The molecule has 0 spiro atoms. The number of thiocarbonyl (C=S) groups is 1. The largest absolute Gasteiger partial charge is 0.317 e. The van der Waals surface area contributed by atoms with Gasteiger partial charge < -0.3 is 4.57 Å². The van der Waals surface area contributed by atoms with E-state index in [1.54, 1.807) is 12.2 Å². The van der Waals surface area contributed by atoms with E-state index < -0.39 is 11.8 Å². The number of rotatable bonds is 4. The van der Waals surface area contributed by atoms with Crippen LogP contribution < -0.4 is 5.32 Å². The number of aromatic nitrogens is 1. The highest BCUT2D eigenvalue weighted by Gasteiger charge is 2.32. The van der Waals surface area contributed by atoms with Crippen LogP contribution in [0.1, 0.15) is 17.0 Å². The van der Waals surface area contributed by atoms with Crippen molar-refractivity contribution in [3.8, 4) is 5.69 Å². The monoisotopic (exact) mass is 415 g/mol. The number of benzene rings is 2. The highest BCUT2D eigenvalue weighted by Crippen LogP contribution is 2.28. The number of carbonyl (C=O) groups excluding carboxylic acids is 2. The molecule has 2 heterocycles. The van der Waals surface area contributed by atoms with E-state index in [-0.39, 0.29) is 17.2 Å². The predicted octanol–water partition coefficient (Wildman–Crippen LogP) is 4.06. The number of carbonyl (C=O) groups is 2. The van der Waals surface area contributed by atoms with Crippen molar-refractivity contribution < 1.29 is 9.59 Å². The SMILES string of the molecule is C=CCN1C(=O)/C(=C/c2cc(C)n(-c3cccc4ccccc34)c2C)C(=O)NC1=S. The van der Waals surface area contributed by atoms with Gasteiger partial charge in [0.25, 0.3) is 11.8 Å². The quantitative estimate of drug-likeness (QED) is 0.303. The lowest BCUT2D eigenvalue weighted by Crippen LogP contribution is -2.53. The molecule has 0 radical (unpaired) electrons. The smallest absolute Gasteiger partial charge is 0.265 e. The molecule has 1 fully saturated rings. The Morgan fingerprint density at radius 2 is 1.83 bits per heavy atom. The summed E-state index contributed by atoms with van der Waals surface area (Å²) in [5.41, 5.74) is 3.88. The number of hydrogen-bond acceptors (Lipinski definition) is 3. The predicted molar refractivity (Wildman–Crippen MR) is 123 cm³/mol. The number of amides is 2. The van der Waals surface area contributed by atoms with Gasteiger partial charge in [-0.3, -0.25) is 19.8 Å². The third-order valence-electron chi connectivity index (χ3n) is 5.28. The topological polar surface area (TPSA) is 54.3 Å². The van der Waals surface area contributed by atoms with E-state index in [0.717, 1.165) is 33.4 Å². The zero-order valence-electron chi connectivity index (χ0n) is 16.8. The fourth-order valence-corrected chi connectivity index (χ4v) is 4.10. The van der Waals surface area contributed by atoms with E-state index >= 15 is 0 Å². The van der Waals surface area contributed by atoms with Crippen LogP contribution in [0.15, 0.2) is 66.8 Å². The van der Waals surface area contributed by atoms with Gasteiger partial charge in [0.1, 0.15) is 5.57 Å². The maximum absolute atomic E-state index is 12.8. The van der Waals surface area contributed by atoms with E-state index in [2.05, 4.69) is 40.7 Å². The van der Waals surface area contributed by atoms with Crippen LogP contribution in [0, 0.1) is 13.8 Å². The van der Waals surface area contributed by atoms with Crippen molar-refractivity contribution >= 4 is 46.0 Å². The van der Waals surface area contributed by atoms with Crippen molar-refractivity contribution in [1.82, 2.24) is 14.8 Å². The van der Waals surface area contributed by atoms with Gasteiger partial charge in [-0.25, -0.2) is 0 Å². The van der Waals surface area contributed by atoms with Gasteiger partial charge in [0.15, 0.2) is 5.11 Å². The Kier molecular flexibility index (Phi) is 5.10. The lowest BCUT2D eigenvalue weighted by molar-refractivity contribution is -0.128. The molecule has 150 valence electrons. The van der Waals surface area contributed by atoms with E-state index in [1.807, 2.05) is 38.1 Å².